The Morgan fingerprint density at radius 3 is 2.72 bits per heavy atom. The molecule has 1 aromatic heterocycles. The van der Waals surface area contributed by atoms with Crippen molar-refractivity contribution in [3.8, 4) is 0 Å². The summed E-state index contributed by atoms with van der Waals surface area (Å²) in [4.78, 5) is 31.1. The van der Waals surface area contributed by atoms with Gasteiger partial charge in [-0.15, -0.1) is 0 Å². The molecule has 148 valence electrons. The molecule has 0 atom stereocenters. The molecule has 0 radical (unpaired) electrons. The molecule has 0 spiro atoms. The zero-order chi connectivity index (χ0) is 20.2. The normalized spacial score (nSPS) is 14.4. The van der Waals surface area contributed by atoms with Gasteiger partial charge in [-0.05, 0) is 42.8 Å². The van der Waals surface area contributed by atoms with Crippen LogP contribution in [-0.2, 0) is 4.79 Å². The molecule has 4 rings (SSSR count). The summed E-state index contributed by atoms with van der Waals surface area (Å²) in [5.41, 5.74) is 3.58. The molecule has 1 saturated heterocycles. The van der Waals surface area contributed by atoms with E-state index in [1.807, 2.05) is 53.9 Å². The number of oxazole rings is 1. The van der Waals surface area contributed by atoms with Crippen molar-refractivity contribution in [2.24, 2.45) is 0 Å². The Bertz CT molecular complexity index is 1050. The molecular weight excluding hydrogens is 386 g/mol. The Kier molecular flexibility index (Phi) is 5.67. The third-order valence-electron chi connectivity index (χ3n) is 4.72. The van der Waals surface area contributed by atoms with E-state index in [0.29, 0.717) is 22.7 Å². The number of aryl methyl sites for hydroxylation is 1. The van der Waals surface area contributed by atoms with Crippen LogP contribution in [-0.4, -0.2) is 46.3 Å². The quantitative estimate of drug-likeness (QED) is 0.662. The Balaban J connectivity index is 1.41. The molecule has 2 heterocycles. The first kappa shape index (κ1) is 19.3. The molecule has 1 fully saturated rings. The zero-order valence-corrected chi connectivity index (χ0v) is 16.9. The lowest BCUT2D eigenvalue weighted by Crippen LogP contribution is -2.37. The summed E-state index contributed by atoms with van der Waals surface area (Å²) in [7, 11) is 0. The first-order valence-corrected chi connectivity index (χ1v) is 10.6. The third kappa shape index (κ3) is 4.51. The summed E-state index contributed by atoms with van der Waals surface area (Å²) < 4.78 is 5.57. The lowest BCUT2D eigenvalue weighted by atomic mass is 10.1. The van der Waals surface area contributed by atoms with E-state index in [1.165, 1.54) is 12.2 Å². The van der Waals surface area contributed by atoms with Gasteiger partial charge in [-0.2, -0.15) is 11.8 Å². The van der Waals surface area contributed by atoms with Crippen molar-refractivity contribution < 1.29 is 14.0 Å². The SMILES string of the molecule is Cc1cc(C(=O)N2CCSCC2)ccc1NC(=O)/C=C/c1nc2ccccc2o1. The maximum absolute atomic E-state index is 12.6. The van der Waals surface area contributed by atoms with Crippen LogP contribution < -0.4 is 5.32 Å². The van der Waals surface area contributed by atoms with Gasteiger partial charge in [0.25, 0.3) is 5.91 Å². The van der Waals surface area contributed by atoms with Crippen molar-refractivity contribution in [1.82, 2.24) is 9.88 Å². The molecule has 2 amide bonds. The number of rotatable bonds is 4. The molecule has 6 nitrogen and oxygen atoms in total. The van der Waals surface area contributed by atoms with Crippen LogP contribution in [0.5, 0.6) is 0 Å². The zero-order valence-electron chi connectivity index (χ0n) is 16.1. The minimum Gasteiger partial charge on any atom is -0.437 e. The molecule has 0 unspecified atom stereocenters. The largest absolute Gasteiger partial charge is 0.437 e. The predicted molar refractivity (Wildman–Crippen MR) is 116 cm³/mol. The lowest BCUT2D eigenvalue weighted by molar-refractivity contribution is -0.111. The molecule has 2 aromatic carbocycles. The Labute approximate surface area is 173 Å². The van der Waals surface area contributed by atoms with Crippen LogP contribution >= 0.6 is 11.8 Å². The van der Waals surface area contributed by atoms with Gasteiger partial charge in [-0.3, -0.25) is 9.59 Å². The number of hydrogen-bond acceptors (Lipinski definition) is 5. The van der Waals surface area contributed by atoms with E-state index >= 15 is 0 Å². The first-order valence-electron chi connectivity index (χ1n) is 9.42. The van der Waals surface area contributed by atoms with E-state index in [2.05, 4.69) is 10.3 Å². The van der Waals surface area contributed by atoms with E-state index in [-0.39, 0.29) is 11.8 Å². The molecule has 3 aromatic rings. The number of anilines is 1. The van der Waals surface area contributed by atoms with Crippen LogP contribution in [0.25, 0.3) is 17.2 Å². The van der Waals surface area contributed by atoms with Crippen molar-refractivity contribution in [2.45, 2.75) is 6.92 Å². The number of thioether (sulfide) groups is 1. The number of hydrogen-bond donors (Lipinski definition) is 1. The third-order valence-corrected chi connectivity index (χ3v) is 5.66. The summed E-state index contributed by atoms with van der Waals surface area (Å²) in [6, 6.07) is 12.8. The molecular formula is C22H21N3O3S. The summed E-state index contributed by atoms with van der Waals surface area (Å²) >= 11 is 1.87. The first-order chi connectivity index (χ1) is 14.1. The highest BCUT2D eigenvalue weighted by Gasteiger charge is 2.19. The molecule has 1 N–H and O–H groups in total. The number of aromatic nitrogens is 1. The summed E-state index contributed by atoms with van der Waals surface area (Å²) in [5, 5.41) is 2.84. The Morgan fingerprint density at radius 1 is 1.17 bits per heavy atom. The predicted octanol–water partition coefficient (Wildman–Crippen LogP) is 3.98. The smallest absolute Gasteiger partial charge is 0.253 e. The van der Waals surface area contributed by atoms with Crippen molar-refractivity contribution in [2.75, 3.05) is 29.9 Å². The van der Waals surface area contributed by atoms with Gasteiger partial charge in [0.15, 0.2) is 5.58 Å². The molecule has 1 aliphatic rings. The average Bonchev–Trinajstić information content (AvgIpc) is 3.17. The summed E-state index contributed by atoms with van der Waals surface area (Å²) in [5.74, 6) is 2.08. The summed E-state index contributed by atoms with van der Waals surface area (Å²) in [6.07, 6.45) is 2.92. The standard InChI is InChI=1S/C22H21N3O3S/c1-15-14-16(22(27)25-10-12-29-13-11-25)6-7-17(15)23-20(26)8-9-21-24-18-4-2-3-5-19(18)28-21/h2-9,14H,10-13H2,1H3,(H,23,26)/b9-8+. The Morgan fingerprint density at radius 2 is 1.97 bits per heavy atom. The van der Waals surface area contributed by atoms with Crippen molar-refractivity contribution >= 4 is 46.4 Å². The van der Waals surface area contributed by atoms with Gasteiger partial charge in [-0.25, -0.2) is 4.98 Å². The Hall–Kier alpha value is -3.06. The highest BCUT2D eigenvalue weighted by Crippen LogP contribution is 2.20. The topological polar surface area (TPSA) is 75.4 Å². The number of benzene rings is 2. The molecule has 7 heteroatoms. The van der Waals surface area contributed by atoms with Crippen molar-refractivity contribution in [1.29, 1.82) is 0 Å². The van der Waals surface area contributed by atoms with E-state index in [1.54, 1.807) is 12.1 Å². The molecule has 0 saturated carbocycles. The second-order valence-corrected chi connectivity index (χ2v) is 8.00. The van der Waals surface area contributed by atoms with E-state index < -0.39 is 0 Å². The highest BCUT2D eigenvalue weighted by molar-refractivity contribution is 7.99. The monoisotopic (exact) mass is 407 g/mol. The lowest BCUT2D eigenvalue weighted by Gasteiger charge is -2.26. The van der Waals surface area contributed by atoms with Gasteiger partial charge >= 0.3 is 0 Å². The minimum absolute atomic E-state index is 0.0436. The number of para-hydroxylation sites is 2. The van der Waals surface area contributed by atoms with Gasteiger partial charge in [0.2, 0.25) is 11.8 Å². The molecule has 0 aliphatic carbocycles. The summed E-state index contributed by atoms with van der Waals surface area (Å²) in [6.45, 7) is 3.44. The van der Waals surface area contributed by atoms with Crippen LogP contribution in [0, 0.1) is 6.92 Å². The maximum Gasteiger partial charge on any atom is 0.253 e. The van der Waals surface area contributed by atoms with E-state index in [4.69, 9.17) is 4.42 Å². The fourth-order valence-corrected chi connectivity index (χ4v) is 4.07. The van der Waals surface area contributed by atoms with Crippen LogP contribution in [0.3, 0.4) is 0 Å². The van der Waals surface area contributed by atoms with Gasteiger partial charge in [-0.1, -0.05) is 12.1 Å². The number of fused-ring (bicyclic) bond motifs is 1. The fourth-order valence-electron chi connectivity index (χ4n) is 3.17. The van der Waals surface area contributed by atoms with Crippen LogP contribution in [0.15, 0.2) is 53.0 Å². The number of nitrogens with one attached hydrogen (secondary N) is 1. The molecule has 0 bridgehead atoms. The second-order valence-electron chi connectivity index (χ2n) is 6.78. The number of nitrogens with zero attached hydrogens (tertiary/aromatic N) is 2. The maximum atomic E-state index is 12.6. The van der Waals surface area contributed by atoms with Crippen molar-refractivity contribution in [3.05, 3.63) is 65.6 Å². The van der Waals surface area contributed by atoms with Crippen molar-refractivity contribution in [3.63, 3.8) is 0 Å². The molecule has 1 aliphatic heterocycles. The minimum atomic E-state index is -0.289. The van der Waals surface area contributed by atoms with Gasteiger partial charge in [0, 0.05) is 48.0 Å². The van der Waals surface area contributed by atoms with E-state index in [0.717, 1.165) is 35.7 Å². The highest BCUT2D eigenvalue weighted by atomic mass is 32.2. The molecule has 29 heavy (non-hydrogen) atoms. The van der Waals surface area contributed by atoms with Crippen LogP contribution in [0.2, 0.25) is 0 Å². The van der Waals surface area contributed by atoms with Gasteiger partial charge < -0.3 is 14.6 Å². The van der Waals surface area contributed by atoms with Crippen LogP contribution in [0.1, 0.15) is 21.8 Å². The number of carbonyl (C=O) groups is 2. The van der Waals surface area contributed by atoms with Crippen LogP contribution in [0.4, 0.5) is 5.69 Å². The number of amides is 2. The average molecular weight is 407 g/mol. The second kappa shape index (κ2) is 8.53. The number of carbonyl (C=O) groups excluding carboxylic acids is 2. The fraction of sp³-hybridized carbons (Fsp3) is 0.227. The van der Waals surface area contributed by atoms with E-state index in [9.17, 15) is 9.59 Å². The van der Waals surface area contributed by atoms with Gasteiger partial charge in [0.05, 0.1) is 0 Å². The van der Waals surface area contributed by atoms with Gasteiger partial charge in [0.1, 0.15) is 5.52 Å².